The molecule has 1 atom stereocenters. The molecule has 172 valence electrons. The number of nitrogens with zero attached hydrogens (tertiary/aromatic N) is 2. The number of carbonyl (C=O) groups excluding carboxylic acids is 1. The van der Waals surface area contributed by atoms with Gasteiger partial charge in [-0.05, 0) is 51.5 Å². The van der Waals surface area contributed by atoms with Crippen molar-refractivity contribution in [2.24, 2.45) is 0 Å². The SMILES string of the molecule is CC[C@@]1(OC(C)(C)C)C(=O)OCc2c1cc1n(c2=O)Cc2cc3c(CO)c(O)ccc3nc2-1. The van der Waals surface area contributed by atoms with Gasteiger partial charge in [0, 0.05) is 22.1 Å². The molecule has 0 radical (unpaired) electrons. The molecule has 0 saturated heterocycles. The number of hydrogen-bond acceptors (Lipinski definition) is 7. The van der Waals surface area contributed by atoms with Crippen LogP contribution in [0.3, 0.4) is 0 Å². The predicted octanol–water partition coefficient (Wildman–Crippen LogP) is 3.10. The molecular weight excluding hydrogens is 424 g/mol. The first-order valence-corrected chi connectivity index (χ1v) is 11.0. The summed E-state index contributed by atoms with van der Waals surface area (Å²) in [5.74, 6) is -0.498. The second-order valence-electron chi connectivity index (χ2n) is 9.57. The van der Waals surface area contributed by atoms with Gasteiger partial charge in [0.1, 0.15) is 12.4 Å². The fourth-order valence-corrected chi connectivity index (χ4v) is 4.95. The van der Waals surface area contributed by atoms with Crippen LogP contribution in [0.1, 0.15) is 56.4 Å². The van der Waals surface area contributed by atoms with Gasteiger partial charge >= 0.3 is 5.97 Å². The van der Waals surface area contributed by atoms with E-state index in [1.54, 1.807) is 10.6 Å². The predicted molar refractivity (Wildman–Crippen MR) is 121 cm³/mol. The third kappa shape index (κ3) is 3.08. The van der Waals surface area contributed by atoms with Gasteiger partial charge in [0.15, 0.2) is 5.60 Å². The van der Waals surface area contributed by atoms with Crippen LogP contribution in [0.25, 0.3) is 22.3 Å². The molecule has 2 aliphatic heterocycles. The van der Waals surface area contributed by atoms with Crippen LogP contribution in [0.4, 0.5) is 0 Å². The third-order valence-corrected chi connectivity index (χ3v) is 6.38. The summed E-state index contributed by atoms with van der Waals surface area (Å²) in [4.78, 5) is 31.3. The molecule has 8 nitrogen and oxygen atoms in total. The van der Waals surface area contributed by atoms with Crippen molar-refractivity contribution in [3.63, 3.8) is 0 Å². The number of hydrogen-bond donors (Lipinski definition) is 2. The lowest BCUT2D eigenvalue weighted by Crippen LogP contribution is -2.49. The summed E-state index contributed by atoms with van der Waals surface area (Å²) in [5, 5.41) is 20.5. The number of aliphatic hydroxyl groups excluding tert-OH is 1. The van der Waals surface area contributed by atoms with Crippen LogP contribution in [0.2, 0.25) is 0 Å². The lowest BCUT2D eigenvalue weighted by atomic mass is 9.84. The molecule has 0 saturated carbocycles. The van der Waals surface area contributed by atoms with Gasteiger partial charge in [0.05, 0.1) is 41.2 Å². The normalized spacial score (nSPS) is 19.2. The fourth-order valence-electron chi connectivity index (χ4n) is 4.95. The zero-order chi connectivity index (χ0) is 23.7. The minimum Gasteiger partial charge on any atom is -0.508 e. The monoisotopic (exact) mass is 450 g/mol. The van der Waals surface area contributed by atoms with Crippen molar-refractivity contribution in [3.05, 3.63) is 56.9 Å². The molecule has 5 rings (SSSR count). The van der Waals surface area contributed by atoms with E-state index in [1.165, 1.54) is 6.07 Å². The molecule has 0 bridgehead atoms. The van der Waals surface area contributed by atoms with Crippen molar-refractivity contribution in [2.75, 3.05) is 0 Å². The summed E-state index contributed by atoms with van der Waals surface area (Å²) >= 11 is 0. The number of fused-ring (bicyclic) bond motifs is 5. The Morgan fingerprint density at radius 1 is 1.24 bits per heavy atom. The number of aliphatic hydroxyl groups is 1. The van der Waals surface area contributed by atoms with Gasteiger partial charge in [-0.15, -0.1) is 0 Å². The Kier molecular flexibility index (Phi) is 4.67. The van der Waals surface area contributed by atoms with E-state index in [9.17, 15) is 19.8 Å². The van der Waals surface area contributed by atoms with E-state index in [-0.39, 0.29) is 24.5 Å². The summed E-state index contributed by atoms with van der Waals surface area (Å²) < 4.78 is 13.3. The summed E-state index contributed by atoms with van der Waals surface area (Å²) in [6.07, 6.45) is 0.316. The highest BCUT2D eigenvalue weighted by Crippen LogP contribution is 2.43. The van der Waals surface area contributed by atoms with Crippen LogP contribution >= 0.6 is 0 Å². The quantitative estimate of drug-likeness (QED) is 0.462. The first-order valence-electron chi connectivity index (χ1n) is 11.0. The number of benzene rings is 1. The van der Waals surface area contributed by atoms with E-state index in [1.807, 2.05) is 39.8 Å². The molecule has 2 aromatic heterocycles. The Bertz CT molecular complexity index is 1380. The smallest absolute Gasteiger partial charge is 0.343 e. The zero-order valence-electron chi connectivity index (χ0n) is 19.1. The zero-order valence-corrected chi connectivity index (χ0v) is 19.1. The Labute approximate surface area is 190 Å². The van der Waals surface area contributed by atoms with E-state index in [4.69, 9.17) is 14.5 Å². The number of cyclic esters (lactones) is 1. The van der Waals surface area contributed by atoms with E-state index in [0.29, 0.717) is 51.9 Å². The molecule has 2 aliphatic rings. The Morgan fingerprint density at radius 2 is 2.00 bits per heavy atom. The maximum atomic E-state index is 13.5. The van der Waals surface area contributed by atoms with Crippen LogP contribution < -0.4 is 5.56 Å². The topological polar surface area (TPSA) is 111 Å². The molecule has 0 aliphatic carbocycles. The van der Waals surface area contributed by atoms with E-state index in [0.717, 1.165) is 5.56 Å². The fraction of sp³-hybridized carbons (Fsp3) is 0.400. The van der Waals surface area contributed by atoms with Gasteiger partial charge in [-0.3, -0.25) is 4.79 Å². The number of esters is 1. The second kappa shape index (κ2) is 7.13. The molecule has 3 aromatic rings. The van der Waals surface area contributed by atoms with E-state index in [2.05, 4.69) is 0 Å². The molecule has 0 amide bonds. The average Bonchev–Trinajstić information content (AvgIpc) is 3.12. The van der Waals surface area contributed by atoms with Crippen molar-refractivity contribution >= 4 is 16.9 Å². The molecule has 0 fully saturated rings. The Balaban J connectivity index is 1.77. The number of pyridine rings is 2. The van der Waals surface area contributed by atoms with Crippen molar-refractivity contribution in [1.82, 2.24) is 9.55 Å². The molecule has 8 heteroatoms. The number of carbonyl (C=O) groups is 1. The van der Waals surface area contributed by atoms with Crippen LogP contribution in [0.15, 0.2) is 29.1 Å². The van der Waals surface area contributed by atoms with E-state index >= 15 is 0 Å². The number of aromatic hydroxyl groups is 1. The third-order valence-electron chi connectivity index (χ3n) is 6.38. The van der Waals surface area contributed by atoms with Crippen molar-refractivity contribution in [2.45, 2.75) is 65.1 Å². The lowest BCUT2D eigenvalue weighted by Gasteiger charge is -2.40. The maximum absolute atomic E-state index is 13.5. The highest BCUT2D eigenvalue weighted by molar-refractivity contribution is 5.89. The number of rotatable bonds is 3. The first-order chi connectivity index (χ1) is 15.6. The van der Waals surface area contributed by atoms with Crippen molar-refractivity contribution < 1.29 is 24.5 Å². The second-order valence-corrected chi connectivity index (χ2v) is 9.57. The van der Waals surface area contributed by atoms with E-state index < -0.39 is 17.2 Å². The molecule has 0 spiro atoms. The molecule has 4 heterocycles. The molecular formula is C25H26N2O6. The first kappa shape index (κ1) is 21.6. The minimum absolute atomic E-state index is 0.00221. The van der Waals surface area contributed by atoms with Crippen LogP contribution in [-0.4, -0.2) is 31.3 Å². The average molecular weight is 450 g/mol. The van der Waals surface area contributed by atoms with Gasteiger partial charge < -0.3 is 24.3 Å². The summed E-state index contributed by atoms with van der Waals surface area (Å²) in [7, 11) is 0. The molecule has 1 aromatic carbocycles. The largest absolute Gasteiger partial charge is 0.508 e. The van der Waals surface area contributed by atoms with Crippen molar-refractivity contribution in [1.29, 1.82) is 0 Å². The van der Waals surface area contributed by atoms with Crippen molar-refractivity contribution in [3.8, 4) is 17.1 Å². The number of ether oxygens (including phenoxy) is 2. The Morgan fingerprint density at radius 3 is 2.67 bits per heavy atom. The standard InChI is InChI=1S/C25H26N2O6/c1-5-25(33-24(2,3)4)17-9-19-21-13(10-27(19)22(30)16(17)12-32-23(25)31)8-14-15(11-28)20(29)7-6-18(14)26-21/h6-9,28-29H,5,10-12H2,1-4H3/t25-/m0/s1. The molecule has 2 N–H and O–H groups in total. The van der Waals surface area contributed by atoms with Gasteiger partial charge in [-0.1, -0.05) is 6.92 Å². The highest BCUT2D eigenvalue weighted by atomic mass is 16.6. The van der Waals surface area contributed by atoms with Crippen LogP contribution in [-0.2, 0) is 39.6 Å². The maximum Gasteiger partial charge on any atom is 0.343 e. The minimum atomic E-state index is -1.38. The summed E-state index contributed by atoms with van der Waals surface area (Å²) in [5.41, 5.74) is 1.72. The van der Waals surface area contributed by atoms with Gasteiger partial charge in [0.2, 0.25) is 0 Å². The van der Waals surface area contributed by atoms with Crippen LogP contribution in [0, 0.1) is 0 Å². The lowest BCUT2D eigenvalue weighted by molar-refractivity contribution is -0.200. The number of phenols is 1. The highest BCUT2D eigenvalue weighted by Gasteiger charge is 2.50. The summed E-state index contributed by atoms with van der Waals surface area (Å²) in [6.45, 7) is 7.31. The Hall–Kier alpha value is -3.23. The number of aromatic nitrogens is 2. The van der Waals surface area contributed by atoms with Gasteiger partial charge in [-0.2, -0.15) is 0 Å². The van der Waals surface area contributed by atoms with Gasteiger partial charge in [-0.25, -0.2) is 9.78 Å². The van der Waals surface area contributed by atoms with Crippen LogP contribution in [0.5, 0.6) is 5.75 Å². The summed E-state index contributed by atoms with van der Waals surface area (Å²) in [6, 6.07) is 6.87. The molecule has 0 unspecified atom stereocenters. The van der Waals surface area contributed by atoms with Gasteiger partial charge in [0.25, 0.3) is 5.56 Å². The molecule has 33 heavy (non-hydrogen) atoms.